The Morgan fingerprint density at radius 1 is 1.10 bits per heavy atom. The second-order valence-electron chi connectivity index (χ2n) is 8.31. The van der Waals surface area contributed by atoms with Crippen molar-refractivity contribution in [3.05, 3.63) is 12.2 Å². The number of amides is 1. The van der Waals surface area contributed by atoms with Crippen LogP contribution in [0.2, 0.25) is 0 Å². The van der Waals surface area contributed by atoms with Crippen LogP contribution in [0, 0.1) is 0 Å². The first-order valence-corrected chi connectivity index (χ1v) is 11.8. The number of hydrogen-bond acceptors (Lipinski definition) is 3. The Bertz CT molecular complexity index is 592. The van der Waals surface area contributed by atoms with Gasteiger partial charge in [-0.2, -0.15) is 0 Å². The second-order valence-corrected chi connectivity index (χ2v) is 9.14. The summed E-state index contributed by atoms with van der Waals surface area (Å²) in [6.07, 6.45) is 12.5. The lowest BCUT2D eigenvalue weighted by Gasteiger charge is -2.43. The molecule has 29 heavy (non-hydrogen) atoms. The van der Waals surface area contributed by atoms with Crippen molar-refractivity contribution in [1.82, 2.24) is 20.9 Å². The Hall–Kier alpha value is -1.41. The highest BCUT2D eigenvalue weighted by atomic mass is 32.1. The molecule has 8 heteroatoms. The van der Waals surface area contributed by atoms with Gasteiger partial charge in [-0.25, -0.2) is 0 Å². The van der Waals surface area contributed by atoms with Gasteiger partial charge < -0.3 is 26.6 Å². The average Bonchev–Trinajstić information content (AvgIpc) is 3.04. The molecular formula is C21H37N5OS2. The monoisotopic (exact) mass is 439 g/mol. The van der Waals surface area contributed by atoms with Crippen LogP contribution in [0.5, 0.6) is 0 Å². The van der Waals surface area contributed by atoms with Gasteiger partial charge in [-0.1, -0.05) is 37.8 Å². The number of carbonyl (C=O) groups excluding carboxylic acids is 1. The van der Waals surface area contributed by atoms with E-state index in [1.807, 2.05) is 0 Å². The maximum Gasteiger partial charge on any atom is 0.221 e. The van der Waals surface area contributed by atoms with E-state index in [1.54, 1.807) is 0 Å². The molecular weight excluding hydrogens is 402 g/mol. The fourth-order valence-electron chi connectivity index (χ4n) is 3.89. The van der Waals surface area contributed by atoms with Gasteiger partial charge in [0.15, 0.2) is 10.2 Å². The van der Waals surface area contributed by atoms with Crippen molar-refractivity contribution in [3.63, 3.8) is 0 Å². The first-order valence-electron chi connectivity index (χ1n) is 11.0. The van der Waals surface area contributed by atoms with Crippen molar-refractivity contribution in [2.24, 2.45) is 5.73 Å². The van der Waals surface area contributed by atoms with Gasteiger partial charge in [0, 0.05) is 26.1 Å². The Morgan fingerprint density at radius 3 is 2.31 bits per heavy atom. The van der Waals surface area contributed by atoms with Crippen molar-refractivity contribution < 1.29 is 4.79 Å². The highest BCUT2D eigenvalue weighted by Gasteiger charge is 2.38. The van der Waals surface area contributed by atoms with Crippen LogP contribution in [0.3, 0.4) is 0 Å². The van der Waals surface area contributed by atoms with Gasteiger partial charge in [-0.15, -0.1) is 0 Å². The first-order chi connectivity index (χ1) is 13.9. The van der Waals surface area contributed by atoms with E-state index in [2.05, 4.69) is 27.4 Å². The zero-order valence-corrected chi connectivity index (χ0v) is 19.2. The van der Waals surface area contributed by atoms with Gasteiger partial charge in [-0.05, 0) is 69.4 Å². The van der Waals surface area contributed by atoms with Crippen LogP contribution in [-0.2, 0) is 4.79 Å². The molecule has 0 aromatic heterocycles. The number of nitrogens with zero attached hydrogens (tertiary/aromatic N) is 1. The van der Waals surface area contributed by atoms with Crippen molar-refractivity contribution in [1.29, 1.82) is 0 Å². The summed E-state index contributed by atoms with van der Waals surface area (Å²) in [7, 11) is 0. The summed E-state index contributed by atoms with van der Waals surface area (Å²) in [5.41, 5.74) is 6.50. The molecule has 1 aliphatic carbocycles. The molecule has 6 nitrogen and oxygen atoms in total. The van der Waals surface area contributed by atoms with E-state index in [9.17, 15) is 4.79 Å². The molecule has 0 bridgehead atoms. The van der Waals surface area contributed by atoms with Crippen molar-refractivity contribution in [2.75, 3.05) is 19.6 Å². The molecule has 0 aromatic rings. The van der Waals surface area contributed by atoms with E-state index in [0.29, 0.717) is 6.42 Å². The summed E-state index contributed by atoms with van der Waals surface area (Å²) in [5.74, 6) is 0.0948. The number of hydrogen-bond donors (Lipinski definition) is 4. The highest BCUT2D eigenvalue weighted by Crippen LogP contribution is 2.29. The molecule has 0 unspecified atom stereocenters. The van der Waals surface area contributed by atoms with E-state index in [4.69, 9.17) is 30.2 Å². The van der Waals surface area contributed by atoms with Crippen LogP contribution in [-0.4, -0.2) is 46.3 Å². The molecule has 0 atom stereocenters. The number of nitrogens with one attached hydrogen (secondary N) is 3. The lowest BCUT2D eigenvalue weighted by molar-refractivity contribution is -0.124. The smallest absolute Gasteiger partial charge is 0.221 e. The topological polar surface area (TPSA) is 82.4 Å². The molecule has 0 aromatic carbocycles. The predicted molar refractivity (Wildman–Crippen MR) is 128 cm³/mol. The Morgan fingerprint density at radius 2 is 1.76 bits per heavy atom. The van der Waals surface area contributed by atoms with E-state index in [0.717, 1.165) is 69.7 Å². The lowest BCUT2D eigenvalue weighted by Crippen LogP contribution is -2.65. The molecule has 1 saturated heterocycles. The number of nitrogens with two attached hydrogens (primary N) is 1. The van der Waals surface area contributed by atoms with Crippen LogP contribution in [0.15, 0.2) is 12.2 Å². The molecule has 1 amide bonds. The molecule has 2 fully saturated rings. The third-order valence-electron chi connectivity index (χ3n) is 5.81. The fourth-order valence-corrected chi connectivity index (χ4v) is 4.37. The zero-order chi connectivity index (χ0) is 21.1. The van der Waals surface area contributed by atoms with E-state index in [-0.39, 0.29) is 16.7 Å². The SMILES string of the molecule is C=C(CCCCCCCCC(=O)NC1(NC(N)=S)CCC1)CCN1CCNC1=S. The maximum atomic E-state index is 12.2. The van der Waals surface area contributed by atoms with E-state index in [1.165, 1.54) is 31.3 Å². The van der Waals surface area contributed by atoms with Gasteiger partial charge >= 0.3 is 0 Å². The molecule has 1 heterocycles. The predicted octanol–water partition coefficient (Wildman–Crippen LogP) is 3.07. The molecule has 0 spiro atoms. The van der Waals surface area contributed by atoms with Crippen LogP contribution in [0.4, 0.5) is 0 Å². The first kappa shape index (κ1) is 23.9. The minimum atomic E-state index is -0.387. The second kappa shape index (κ2) is 12.3. The summed E-state index contributed by atoms with van der Waals surface area (Å²) in [6, 6.07) is 0. The van der Waals surface area contributed by atoms with Crippen LogP contribution in [0.1, 0.15) is 77.0 Å². The van der Waals surface area contributed by atoms with Crippen molar-refractivity contribution in [2.45, 2.75) is 82.7 Å². The third kappa shape index (κ3) is 8.86. The Balaban J connectivity index is 1.42. The minimum absolute atomic E-state index is 0.0948. The largest absolute Gasteiger partial charge is 0.376 e. The number of unbranched alkanes of at least 4 members (excludes halogenated alkanes) is 5. The van der Waals surface area contributed by atoms with E-state index < -0.39 is 0 Å². The highest BCUT2D eigenvalue weighted by molar-refractivity contribution is 7.80. The summed E-state index contributed by atoms with van der Waals surface area (Å²) in [6.45, 7) is 7.18. The third-order valence-corrected chi connectivity index (χ3v) is 6.32. The number of thiocarbonyl (C=S) groups is 2. The van der Waals surface area contributed by atoms with Gasteiger partial charge in [-0.3, -0.25) is 4.79 Å². The molecule has 1 aliphatic heterocycles. The quantitative estimate of drug-likeness (QED) is 0.143. The Kier molecular flexibility index (Phi) is 10.1. The van der Waals surface area contributed by atoms with Crippen molar-refractivity contribution >= 4 is 40.6 Å². The van der Waals surface area contributed by atoms with Crippen LogP contribution >= 0.6 is 24.4 Å². The van der Waals surface area contributed by atoms with E-state index >= 15 is 0 Å². The van der Waals surface area contributed by atoms with Crippen LogP contribution in [0.25, 0.3) is 0 Å². The van der Waals surface area contributed by atoms with Gasteiger partial charge in [0.1, 0.15) is 5.66 Å². The molecule has 2 aliphatic rings. The normalized spacial score (nSPS) is 17.4. The van der Waals surface area contributed by atoms with Crippen molar-refractivity contribution in [3.8, 4) is 0 Å². The summed E-state index contributed by atoms with van der Waals surface area (Å²) in [4.78, 5) is 14.4. The molecule has 0 radical (unpaired) electrons. The standard InChI is InChI=1S/C21H37N5OS2/c1-17(11-15-26-16-14-23-20(26)29)9-6-4-2-3-5-7-10-18(27)24-21(12-8-13-21)25-19(22)28/h1-16H2,(H,23,29)(H,24,27)(H3,22,25,28). The summed E-state index contributed by atoms with van der Waals surface area (Å²) >= 11 is 10.2. The number of rotatable bonds is 14. The zero-order valence-electron chi connectivity index (χ0n) is 17.6. The fraction of sp³-hybridized carbons (Fsp3) is 0.762. The molecule has 2 rings (SSSR count). The summed E-state index contributed by atoms with van der Waals surface area (Å²) in [5, 5.41) is 10.4. The maximum absolute atomic E-state index is 12.2. The minimum Gasteiger partial charge on any atom is -0.376 e. The lowest BCUT2D eigenvalue weighted by atomic mass is 9.84. The molecule has 1 saturated carbocycles. The Labute approximate surface area is 186 Å². The van der Waals surface area contributed by atoms with Gasteiger partial charge in [0.25, 0.3) is 0 Å². The van der Waals surface area contributed by atoms with Crippen LogP contribution < -0.4 is 21.7 Å². The summed E-state index contributed by atoms with van der Waals surface area (Å²) < 4.78 is 0. The number of carbonyl (C=O) groups is 1. The molecule has 5 N–H and O–H groups in total. The molecule has 164 valence electrons. The van der Waals surface area contributed by atoms with Gasteiger partial charge in [0.2, 0.25) is 5.91 Å². The van der Waals surface area contributed by atoms with Gasteiger partial charge in [0.05, 0.1) is 0 Å². The average molecular weight is 440 g/mol.